The standard InChI is InChI=1S/C13H26N4O2/c1-9(12(18)16-13(19)15-2)17(3)11-7-5-4-6-10(11)8-14/h9-11H,4-8,14H2,1-3H3,(H2,15,16,18,19). The Hall–Kier alpha value is -1.14. The van der Waals surface area contributed by atoms with Gasteiger partial charge in [0.2, 0.25) is 5.91 Å². The maximum atomic E-state index is 11.9. The molecular weight excluding hydrogens is 244 g/mol. The molecule has 3 amide bonds. The Morgan fingerprint density at radius 2 is 2.00 bits per heavy atom. The van der Waals surface area contributed by atoms with Gasteiger partial charge in [0, 0.05) is 13.1 Å². The third kappa shape index (κ3) is 4.18. The minimum absolute atomic E-state index is 0.275. The van der Waals surface area contributed by atoms with Crippen molar-refractivity contribution < 1.29 is 9.59 Å². The zero-order valence-electron chi connectivity index (χ0n) is 12.1. The molecule has 3 atom stereocenters. The monoisotopic (exact) mass is 270 g/mol. The van der Waals surface area contributed by atoms with Crippen LogP contribution in [0.4, 0.5) is 4.79 Å². The Balaban J connectivity index is 2.61. The van der Waals surface area contributed by atoms with Gasteiger partial charge in [-0.25, -0.2) is 4.79 Å². The van der Waals surface area contributed by atoms with E-state index in [0.29, 0.717) is 18.5 Å². The van der Waals surface area contributed by atoms with Crippen molar-refractivity contribution in [2.45, 2.75) is 44.7 Å². The van der Waals surface area contributed by atoms with Crippen LogP contribution in [0.25, 0.3) is 0 Å². The van der Waals surface area contributed by atoms with Crippen LogP contribution in [0.5, 0.6) is 0 Å². The van der Waals surface area contributed by atoms with Crippen molar-refractivity contribution in [1.82, 2.24) is 15.5 Å². The number of imide groups is 1. The molecule has 6 heteroatoms. The summed E-state index contributed by atoms with van der Waals surface area (Å²) in [5.41, 5.74) is 5.82. The first-order valence-electron chi connectivity index (χ1n) is 6.95. The summed E-state index contributed by atoms with van der Waals surface area (Å²) < 4.78 is 0. The van der Waals surface area contributed by atoms with E-state index in [1.165, 1.54) is 19.9 Å². The highest BCUT2D eigenvalue weighted by Gasteiger charge is 2.32. The lowest BCUT2D eigenvalue weighted by Crippen LogP contribution is -2.53. The summed E-state index contributed by atoms with van der Waals surface area (Å²) >= 11 is 0. The molecule has 1 aliphatic rings. The van der Waals surface area contributed by atoms with Crippen LogP contribution in [-0.4, -0.2) is 49.6 Å². The molecule has 3 unspecified atom stereocenters. The van der Waals surface area contributed by atoms with Gasteiger partial charge < -0.3 is 11.1 Å². The second-order valence-corrected chi connectivity index (χ2v) is 5.26. The Morgan fingerprint density at radius 3 is 2.58 bits per heavy atom. The van der Waals surface area contributed by atoms with Crippen molar-refractivity contribution in [2.24, 2.45) is 11.7 Å². The molecule has 4 N–H and O–H groups in total. The summed E-state index contributed by atoms with van der Waals surface area (Å²) in [4.78, 5) is 25.2. The molecule has 0 aromatic carbocycles. The lowest BCUT2D eigenvalue weighted by Gasteiger charge is -2.39. The van der Waals surface area contributed by atoms with Gasteiger partial charge >= 0.3 is 6.03 Å². The first kappa shape index (κ1) is 15.9. The molecule has 0 aromatic heterocycles. The van der Waals surface area contributed by atoms with E-state index in [-0.39, 0.29) is 11.9 Å². The van der Waals surface area contributed by atoms with Gasteiger partial charge in [0.1, 0.15) is 0 Å². The first-order valence-corrected chi connectivity index (χ1v) is 6.95. The van der Waals surface area contributed by atoms with Gasteiger partial charge in [-0.2, -0.15) is 0 Å². The third-order valence-electron chi connectivity index (χ3n) is 4.15. The van der Waals surface area contributed by atoms with E-state index in [9.17, 15) is 9.59 Å². The lowest BCUT2D eigenvalue weighted by atomic mass is 9.83. The maximum absolute atomic E-state index is 11.9. The number of rotatable bonds is 4. The molecule has 110 valence electrons. The molecule has 0 saturated heterocycles. The second kappa shape index (κ2) is 7.45. The number of likely N-dealkylation sites (N-methyl/N-ethyl adjacent to an activating group) is 1. The van der Waals surface area contributed by atoms with Crippen molar-refractivity contribution in [3.05, 3.63) is 0 Å². The zero-order valence-corrected chi connectivity index (χ0v) is 12.1. The van der Waals surface area contributed by atoms with Gasteiger partial charge in [0.15, 0.2) is 0 Å². The number of amides is 3. The second-order valence-electron chi connectivity index (χ2n) is 5.26. The van der Waals surface area contributed by atoms with Crippen LogP contribution in [0, 0.1) is 5.92 Å². The topological polar surface area (TPSA) is 87.5 Å². The fourth-order valence-corrected chi connectivity index (χ4v) is 2.75. The van der Waals surface area contributed by atoms with Gasteiger partial charge in [-0.05, 0) is 39.3 Å². The SMILES string of the molecule is CNC(=O)NC(=O)C(C)N(C)C1CCCCC1CN. The number of carbonyl (C=O) groups is 2. The van der Waals surface area contributed by atoms with E-state index < -0.39 is 6.03 Å². The van der Waals surface area contributed by atoms with Crippen LogP contribution in [-0.2, 0) is 4.79 Å². The Bertz CT molecular complexity index is 322. The molecule has 0 aromatic rings. The molecule has 1 fully saturated rings. The lowest BCUT2D eigenvalue weighted by molar-refractivity contribution is -0.125. The number of hydrogen-bond acceptors (Lipinski definition) is 4. The molecular formula is C13H26N4O2. The summed E-state index contributed by atoms with van der Waals surface area (Å²) in [7, 11) is 3.43. The van der Waals surface area contributed by atoms with Gasteiger partial charge in [0.25, 0.3) is 0 Å². The molecule has 6 nitrogen and oxygen atoms in total. The summed E-state index contributed by atoms with van der Waals surface area (Å²) in [6.07, 6.45) is 4.57. The number of hydrogen-bond donors (Lipinski definition) is 3. The van der Waals surface area contributed by atoms with Gasteiger partial charge in [0.05, 0.1) is 6.04 Å². The first-order chi connectivity index (χ1) is 9.01. The fourth-order valence-electron chi connectivity index (χ4n) is 2.75. The minimum Gasteiger partial charge on any atom is -0.341 e. The van der Waals surface area contributed by atoms with E-state index >= 15 is 0 Å². The number of nitrogens with two attached hydrogens (primary N) is 1. The van der Waals surface area contributed by atoms with Crippen molar-refractivity contribution in [2.75, 3.05) is 20.6 Å². The van der Waals surface area contributed by atoms with E-state index in [4.69, 9.17) is 5.73 Å². The largest absolute Gasteiger partial charge is 0.341 e. The Labute approximate surface area is 115 Å². The molecule has 1 aliphatic carbocycles. The molecule has 1 rings (SSSR count). The van der Waals surface area contributed by atoms with Crippen LogP contribution < -0.4 is 16.4 Å². The molecule has 0 spiro atoms. The van der Waals surface area contributed by atoms with E-state index in [1.54, 1.807) is 0 Å². The van der Waals surface area contributed by atoms with Crippen LogP contribution >= 0.6 is 0 Å². The summed E-state index contributed by atoms with van der Waals surface area (Å²) in [6, 6.07) is -0.483. The average molecular weight is 270 g/mol. The maximum Gasteiger partial charge on any atom is 0.321 e. The Kier molecular flexibility index (Phi) is 6.24. The third-order valence-corrected chi connectivity index (χ3v) is 4.15. The summed E-state index contributed by atoms with van der Waals surface area (Å²) in [5, 5.41) is 4.70. The molecule has 0 heterocycles. The number of nitrogens with one attached hydrogen (secondary N) is 2. The summed E-state index contributed by atoms with van der Waals surface area (Å²) in [5.74, 6) is 0.164. The predicted molar refractivity (Wildman–Crippen MR) is 74.6 cm³/mol. The Morgan fingerprint density at radius 1 is 1.37 bits per heavy atom. The molecule has 1 saturated carbocycles. The van der Waals surface area contributed by atoms with Crippen LogP contribution in [0.3, 0.4) is 0 Å². The smallest absolute Gasteiger partial charge is 0.321 e. The quantitative estimate of drug-likeness (QED) is 0.685. The van der Waals surface area contributed by atoms with E-state index in [0.717, 1.165) is 12.8 Å². The minimum atomic E-state index is -0.468. The summed E-state index contributed by atoms with van der Waals surface area (Å²) in [6.45, 7) is 2.47. The van der Waals surface area contributed by atoms with Crippen LogP contribution in [0.2, 0.25) is 0 Å². The fraction of sp³-hybridized carbons (Fsp3) is 0.846. The molecule has 0 radical (unpaired) electrons. The molecule has 0 bridgehead atoms. The highest BCUT2D eigenvalue weighted by molar-refractivity contribution is 5.96. The normalized spacial score (nSPS) is 24.9. The van der Waals surface area contributed by atoms with Gasteiger partial charge in [-0.3, -0.25) is 15.0 Å². The number of carbonyl (C=O) groups excluding carboxylic acids is 2. The zero-order chi connectivity index (χ0) is 14.4. The highest BCUT2D eigenvalue weighted by atomic mass is 16.2. The van der Waals surface area contributed by atoms with Crippen molar-refractivity contribution in [3.63, 3.8) is 0 Å². The highest BCUT2D eigenvalue weighted by Crippen LogP contribution is 2.28. The van der Waals surface area contributed by atoms with Crippen molar-refractivity contribution >= 4 is 11.9 Å². The number of urea groups is 1. The number of nitrogens with zero attached hydrogens (tertiary/aromatic N) is 1. The van der Waals surface area contributed by atoms with Gasteiger partial charge in [-0.15, -0.1) is 0 Å². The molecule has 0 aliphatic heterocycles. The molecule has 19 heavy (non-hydrogen) atoms. The van der Waals surface area contributed by atoms with E-state index in [1.807, 2.05) is 14.0 Å². The van der Waals surface area contributed by atoms with Crippen molar-refractivity contribution in [1.29, 1.82) is 0 Å². The predicted octanol–water partition coefficient (Wildman–Crippen LogP) is 0.280. The van der Waals surface area contributed by atoms with Crippen LogP contribution in [0.1, 0.15) is 32.6 Å². The van der Waals surface area contributed by atoms with Gasteiger partial charge in [-0.1, -0.05) is 12.8 Å². The van der Waals surface area contributed by atoms with E-state index in [2.05, 4.69) is 15.5 Å². The van der Waals surface area contributed by atoms with Crippen LogP contribution in [0.15, 0.2) is 0 Å². The average Bonchev–Trinajstić information content (AvgIpc) is 2.45. The van der Waals surface area contributed by atoms with Crippen molar-refractivity contribution in [3.8, 4) is 0 Å².